The summed E-state index contributed by atoms with van der Waals surface area (Å²) in [6.07, 6.45) is 3.41. The van der Waals surface area contributed by atoms with Crippen LogP contribution in [0.4, 0.5) is 0 Å². The van der Waals surface area contributed by atoms with Crippen molar-refractivity contribution in [1.29, 1.82) is 0 Å². The second kappa shape index (κ2) is 9.30. The Morgan fingerprint density at radius 1 is 1.09 bits per heavy atom. The fraction of sp³-hybridized carbons (Fsp3) is 0.556. The van der Waals surface area contributed by atoms with Crippen LogP contribution in [-0.4, -0.2) is 49.4 Å². The first-order valence-corrected chi connectivity index (χ1v) is 8.43. The Morgan fingerprint density at radius 3 is 2.57 bits per heavy atom. The van der Waals surface area contributed by atoms with Crippen molar-refractivity contribution in [3.8, 4) is 0 Å². The van der Waals surface area contributed by atoms with Gasteiger partial charge >= 0.3 is 0 Å². The highest BCUT2D eigenvalue weighted by Crippen LogP contribution is 2.27. The lowest BCUT2D eigenvalue weighted by molar-refractivity contribution is -0.123. The number of likely N-dealkylation sites (tertiary alicyclic amines) is 1. The summed E-state index contributed by atoms with van der Waals surface area (Å²) in [7, 11) is 0. The molecule has 0 radical (unpaired) electrons. The highest BCUT2D eigenvalue weighted by atomic mass is 16.2. The molecule has 1 saturated heterocycles. The Kier molecular flexibility index (Phi) is 7.07. The van der Waals surface area contributed by atoms with Crippen molar-refractivity contribution in [2.75, 3.05) is 32.7 Å². The topological polar surface area (TPSA) is 61.4 Å². The number of hydrogen-bond acceptors (Lipinski definition) is 3. The zero-order valence-electron chi connectivity index (χ0n) is 13.9. The van der Waals surface area contributed by atoms with Gasteiger partial charge in [0.1, 0.15) is 0 Å². The van der Waals surface area contributed by atoms with E-state index >= 15 is 0 Å². The first kappa shape index (κ1) is 17.5. The average molecular weight is 317 g/mol. The summed E-state index contributed by atoms with van der Waals surface area (Å²) in [5, 5.41) is 5.52. The summed E-state index contributed by atoms with van der Waals surface area (Å²) < 4.78 is 0. The van der Waals surface area contributed by atoms with Crippen molar-refractivity contribution in [2.24, 2.45) is 0 Å². The smallest absolute Gasteiger partial charge is 0.234 e. The van der Waals surface area contributed by atoms with Crippen molar-refractivity contribution < 1.29 is 9.59 Å². The van der Waals surface area contributed by atoms with Crippen LogP contribution in [0.2, 0.25) is 0 Å². The van der Waals surface area contributed by atoms with Crippen LogP contribution in [0.3, 0.4) is 0 Å². The molecule has 126 valence electrons. The molecule has 0 spiro atoms. The van der Waals surface area contributed by atoms with E-state index in [1.165, 1.54) is 18.9 Å². The molecule has 1 aliphatic rings. The molecule has 5 nitrogen and oxygen atoms in total. The minimum Gasteiger partial charge on any atom is -0.355 e. The Hall–Kier alpha value is -1.88. The van der Waals surface area contributed by atoms with Gasteiger partial charge in [-0.1, -0.05) is 30.3 Å². The first-order chi connectivity index (χ1) is 11.1. The van der Waals surface area contributed by atoms with Gasteiger partial charge in [-0.05, 0) is 43.8 Å². The SMILES string of the molecule is CC(=O)NCCNC(=O)CN1CCC[C@@H](c2ccccc2)CC1. The highest BCUT2D eigenvalue weighted by molar-refractivity contribution is 5.78. The molecule has 2 rings (SSSR count). The van der Waals surface area contributed by atoms with E-state index in [1.54, 1.807) is 0 Å². The van der Waals surface area contributed by atoms with Crippen molar-refractivity contribution in [3.05, 3.63) is 35.9 Å². The molecule has 0 bridgehead atoms. The summed E-state index contributed by atoms with van der Waals surface area (Å²) in [5.41, 5.74) is 1.41. The summed E-state index contributed by atoms with van der Waals surface area (Å²) in [6, 6.07) is 10.7. The van der Waals surface area contributed by atoms with E-state index in [-0.39, 0.29) is 11.8 Å². The van der Waals surface area contributed by atoms with Crippen molar-refractivity contribution in [2.45, 2.75) is 32.1 Å². The fourth-order valence-electron chi connectivity index (χ4n) is 3.07. The van der Waals surface area contributed by atoms with Crippen LogP contribution in [0, 0.1) is 0 Å². The van der Waals surface area contributed by atoms with Crippen LogP contribution in [0.25, 0.3) is 0 Å². The quantitative estimate of drug-likeness (QED) is 0.782. The normalized spacial score (nSPS) is 18.9. The number of rotatable bonds is 6. The zero-order valence-corrected chi connectivity index (χ0v) is 13.9. The molecule has 0 unspecified atom stereocenters. The predicted octanol–water partition coefficient (Wildman–Crippen LogP) is 1.51. The molecule has 1 aromatic carbocycles. The van der Waals surface area contributed by atoms with Crippen LogP contribution >= 0.6 is 0 Å². The van der Waals surface area contributed by atoms with E-state index in [4.69, 9.17) is 0 Å². The van der Waals surface area contributed by atoms with Crippen LogP contribution < -0.4 is 10.6 Å². The molecule has 5 heteroatoms. The Bertz CT molecular complexity index is 504. The van der Waals surface area contributed by atoms with Crippen LogP contribution in [0.15, 0.2) is 30.3 Å². The maximum absolute atomic E-state index is 12.0. The number of carbonyl (C=O) groups excluding carboxylic acids is 2. The lowest BCUT2D eigenvalue weighted by atomic mass is 9.92. The third-order valence-electron chi connectivity index (χ3n) is 4.28. The number of amides is 2. The molecule has 1 atom stereocenters. The van der Waals surface area contributed by atoms with E-state index in [0.29, 0.717) is 25.6 Å². The molecule has 1 fully saturated rings. The van der Waals surface area contributed by atoms with Crippen molar-refractivity contribution in [1.82, 2.24) is 15.5 Å². The number of carbonyl (C=O) groups is 2. The van der Waals surface area contributed by atoms with Crippen LogP contribution in [-0.2, 0) is 9.59 Å². The monoisotopic (exact) mass is 317 g/mol. The fourth-order valence-corrected chi connectivity index (χ4v) is 3.07. The van der Waals surface area contributed by atoms with Gasteiger partial charge in [-0.2, -0.15) is 0 Å². The minimum atomic E-state index is -0.0706. The number of hydrogen-bond donors (Lipinski definition) is 2. The maximum Gasteiger partial charge on any atom is 0.234 e. The number of nitrogens with one attached hydrogen (secondary N) is 2. The molecule has 23 heavy (non-hydrogen) atoms. The van der Waals surface area contributed by atoms with Gasteiger partial charge in [-0.15, -0.1) is 0 Å². The lowest BCUT2D eigenvalue weighted by Gasteiger charge is -2.19. The lowest BCUT2D eigenvalue weighted by Crippen LogP contribution is -2.40. The van der Waals surface area contributed by atoms with Gasteiger partial charge in [-0.25, -0.2) is 0 Å². The van der Waals surface area contributed by atoms with E-state index in [1.807, 2.05) is 0 Å². The van der Waals surface area contributed by atoms with E-state index in [0.717, 1.165) is 25.9 Å². The van der Waals surface area contributed by atoms with Gasteiger partial charge in [0.05, 0.1) is 6.54 Å². The summed E-state index contributed by atoms with van der Waals surface area (Å²) >= 11 is 0. The average Bonchev–Trinajstić information content (AvgIpc) is 2.78. The first-order valence-electron chi connectivity index (χ1n) is 8.43. The molecular weight excluding hydrogens is 290 g/mol. The second-order valence-electron chi connectivity index (χ2n) is 6.15. The molecule has 2 amide bonds. The Balaban J connectivity index is 1.71. The number of nitrogens with zero attached hydrogens (tertiary/aromatic N) is 1. The predicted molar refractivity (Wildman–Crippen MR) is 91.2 cm³/mol. The number of benzene rings is 1. The Labute approximate surface area is 138 Å². The molecule has 1 aliphatic heterocycles. The van der Waals surface area contributed by atoms with Gasteiger partial charge in [0, 0.05) is 20.0 Å². The molecule has 0 saturated carbocycles. The van der Waals surface area contributed by atoms with E-state index in [2.05, 4.69) is 45.9 Å². The third-order valence-corrected chi connectivity index (χ3v) is 4.28. The molecule has 2 N–H and O–H groups in total. The van der Waals surface area contributed by atoms with Crippen molar-refractivity contribution >= 4 is 11.8 Å². The molecule has 0 aromatic heterocycles. The molecule has 1 heterocycles. The van der Waals surface area contributed by atoms with E-state index in [9.17, 15) is 9.59 Å². The second-order valence-corrected chi connectivity index (χ2v) is 6.15. The van der Waals surface area contributed by atoms with Gasteiger partial charge in [0.25, 0.3) is 0 Å². The summed E-state index contributed by atoms with van der Waals surface area (Å²) in [5.74, 6) is 0.566. The highest BCUT2D eigenvalue weighted by Gasteiger charge is 2.19. The van der Waals surface area contributed by atoms with Gasteiger partial charge < -0.3 is 10.6 Å². The largest absolute Gasteiger partial charge is 0.355 e. The van der Waals surface area contributed by atoms with Gasteiger partial charge in [0.15, 0.2) is 0 Å². The molecule has 0 aliphatic carbocycles. The summed E-state index contributed by atoms with van der Waals surface area (Å²) in [6.45, 7) is 4.82. The standard InChI is InChI=1S/C18H27N3O2/c1-15(22)19-10-11-20-18(23)14-21-12-5-8-17(9-13-21)16-6-3-2-4-7-16/h2-4,6-7,17H,5,8-14H2,1H3,(H,19,22)(H,20,23)/t17-/m1/s1. The minimum absolute atomic E-state index is 0.0357. The molecular formula is C18H27N3O2. The van der Waals surface area contributed by atoms with Crippen LogP contribution in [0.1, 0.15) is 37.7 Å². The third kappa shape index (κ3) is 6.40. The van der Waals surface area contributed by atoms with E-state index < -0.39 is 0 Å². The van der Waals surface area contributed by atoms with Crippen LogP contribution in [0.5, 0.6) is 0 Å². The summed E-state index contributed by atoms with van der Waals surface area (Å²) in [4.78, 5) is 24.9. The molecule has 1 aromatic rings. The van der Waals surface area contributed by atoms with Gasteiger partial charge in [0.2, 0.25) is 11.8 Å². The maximum atomic E-state index is 12.0. The zero-order chi connectivity index (χ0) is 16.5. The van der Waals surface area contributed by atoms with Gasteiger partial charge in [-0.3, -0.25) is 14.5 Å². The van der Waals surface area contributed by atoms with Crippen molar-refractivity contribution in [3.63, 3.8) is 0 Å². The Morgan fingerprint density at radius 2 is 1.83 bits per heavy atom.